The summed E-state index contributed by atoms with van der Waals surface area (Å²) in [6.07, 6.45) is 5.19. The van der Waals surface area contributed by atoms with E-state index in [2.05, 4.69) is 22.4 Å². The number of primary amides is 1. The van der Waals surface area contributed by atoms with Crippen LogP contribution in [-0.2, 0) is 0 Å². The van der Waals surface area contributed by atoms with Crippen molar-refractivity contribution in [2.75, 3.05) is 11.9 Å². The summed E-state index contributed by atoms with van der Waals surface area (Å²) in [5, 5.41) is 11.0. The van der Waals surface area contributed by atoms with Gasteiger partial charge in [0.25, 0.3) is 5.91 Å². The molecule has 1 heterocycles. The highest BCUT2D eigenvalue weighted by molar-refractivity contribution is 5.90. The van der Waals surface area contributed by atoms with Crippen LogP contribution in [-0.4, -0.2) is 22.6 Å². The summed E-state index contributed by atoms with van der Waals surface area (Å²) >= 11 is 0. The smallest absolute Gasteiger partial charge is 0.269 e. The topological polar surface area (TPSA) is 80.9 Å². The van der Waals surface area contributed by atoms with Gasteiger partial charge in [-0.25, -0.2) is 0 Å². The zero-order valence-electron chi connectivity index (χ0n) is 10.7. The van der Waals surface area contributed by atoms with E-state index in [-0.39, 0.29) is 5.69 Å². The van der Waals surface area contributed by atoms with E-state index in [0.29, 0.717) is 5.82 Å². The Labute approximate surface area is 107 Å². The average molecular weight is 248 g/mol. The van der Waals surface area contributed by atoms with Crippen LogP contribution >= 0.6 is 0 Å². The molecule has 0 bridgehead atoms. The summed E-state index contributed by atoms with van der Waals surface area (Å²) in [6.45, 7) is 3.25. The minimum atomic E-state index is -0.546. The van der Waals surface area contributed by atoms with E-state index in [4.69, 9.17) is 5.73 Å². The van der Waals surface area contributed by atoms with Crippen LogP contribution in [0.5, 0.6) is 0 Å². The molecule has 18 heavy (non-hydrogen) atoms. The van der Waals surface area contributed by atoms with Gasteiger partial charge in [0, 0.05) is 6.54 Å². The lowest BCUT2D eigenvalue weighted by atomic mass is 9.83. The molecule has 0 saturated heterocycles. The maximum atomic E-state index is 10.8. The second-order valence-electron chi connectivity index (χ2n) is 5.17. The van der Waals surface area contributed by atoms with Gasteiger partial charge in [-0.05, 0) is 36.8 Å². The third-order valence-electron chi connectivity index (χ3n) is 3.62. The molecular formula is C13H20N4O. The molecule has 1 aliphatic carbocycles. The van der Waals surface area contributed by atoms with Crippen LogP contribution < -0.4 is 11.1 Å². The highest BCUT2D eigenvalue weighted by Crippen LogP contribution is 2.28. The number of carbonyl (C=O) groups is 1. The van der Waals surface area contributed by atoms with Crippen LogP contribution in [0.15, 0.2) is 12.1 Å². The number of rotatable bonds is 4. The van der Waals surface area contributed by atoms with Gasteiger partial charge in [-0.2, -0.15) is 0 Å². The summed E-state index contributed by atoms with van der Waals surface area (Å²) in [4.78, 5) is 10.8. The predicted octanol–water partition coefficient (Wildman–Crippen LogP) is 1.81. The van der Waals surface area contributed by atoms with Gasteiger partial charge in [0.05, 0.1) is 0 Å². The maximum absolute atomic E-state index is 10.8. The van der Waals surface area contributed by atoms with Crippen LogP contribution in [0.2, 0.25) is 0 Å². The molecule has 0 radical (unpaired) electrons. The van der Waals surface area contributed by atoms with Gasteiger partial charge >= 0.3 is 0 Å². The van der Waals surface area contributed by atoms with E-state index in [9.17, 15) is 4.79 Å². The van der Waals surface area contributed by atoms with E-state index >= 15 is 0 Å². The van der Waals surface area contributed by atoms with Crippen LogP contribution in [0.4, 0.5) is 5.82 Å². The number of amides is 1. The monoisotopic (exact) mass is 248 g/mol. The second kappa shape index (κ2) is 5.80. The number of hydrogen-bond acceptors (Lipinski definition) is 4. The van der Waals surface area contributed by atoms with Crippen molar-refractivity contribution in [1.29, 1.82) is 0 Å². The molecule has 0 aromatic carbocycles. The van der Waals surface area contributed by atoms with E-state index < -0.39 is 5.91 Å². The van der Waals surface area contributed by atoms with Crippen molar-refractivity contribution in [2.45, 2.75) is 32.6 Å². The molecule has 1 aromatic rings. The highest BCUT2D eigenvalue weighted by Gasteiger charge is 2.17. The fourth-order valence-corrected chi connectivity index (χ4v) is 2.34. The summed E-state index contributed by atoms with van der Waals surface area (Å²) in [5.74, 6) is 1.75. The molecule has 3 N–H and O–H groups in total. The van der Waals surface area contributed by atoms with E-state index in [1.54, 1.807) is 12.1 Å². The molecule has 0 unspecified atom stereocenters. The van der Waals surface area contributed by atoms with Gasteiger partial charge in [-0.3, -0.25) is 4.79 Å². The third-order valence-corrected chi connectivity index (χ3v) is 3.62. The quantitative estimate of drug-likeness (QED) is 0.851. The SMILES string of the molecule is CC1CCC(CNc2ccc(C(N)=O)nn2)CC1. The molecule has 0 atom stereocenters. The Kier molecular flexibility index (Phi) is 4.12. The molecule has 0 spiro atoms. The first-order valence-corrected chi connectivity index (χ1v) is 6.52. The van der Waals surface area contributed by atoms with Crippen molar-refractivity contribution in [3.8, 4) is 0 Å². The lowest BCUT2D eigenvalue weighted by Crippen LogP contribution is -2.21. The lowest BCUT2D eigenvalue weighted by Gasteiger charge is -2.26. The summed E-state index contributed by atoms with van der Waals surface area (Å²) in [6, 6.07) is 3.35. The van der Waals surface area contributed by atoms with Gasteiger partial charge in [-0.15, -0.1) is 10.2 Å². The van der Waals surface area contributed by atoms with Crippen molar-refractivity contribution in [3.63, 3.8) is 0 Å². The first-order chi connectivity index (χ1) is 8.65. The van der Waals surface area contributed by atoms with Gasteiger partial charge in [-0.1, -0.05) is 19.8 Å². The van der Waals surface area contributed by atoms with Gasteiger partial charge in [0.2, 0.25) is 0 Å². The normalized spacial score (nSPS) is 23.6. The second-order valence-corrected chi connectivity index (χ2v) is 5.17. The lowest BCUT2D eigenvalue weighted by molar-refractivity contribution is 0.0994. The summed E-state index contributed by atoms with van der Waals surface area (Å²) in [5.41, 5.74) is 5.31. The van der Waals surface area contributed by atoms with Crippen molar-refractivity contribution in [1.82, 2.24) is 10.2 Å². The minimum absolute atomic E-state index is 0.201. The van der Waals surface area contributed by atoms with Crippen LogP contribution in [0.3, 0.4) is 0 Å². The molecule has 1 amide bonds. The zero-order chi connectivity index (χ0) is 13.0. The van der Waals surface area contributed by atoms with Crippen LogP contribution in [0.1, 0.15) is 43.1 Å². The zero-order valence-corrected chi connectivity index (χ0v) is 10.7. The van der Waals surface area contributed by atoms with Crippen molar-refractivity contribution in [2.24, 2.45) is 17.6 Å². The Morgan fingerprint density at radius 2 is 2.06 bits per heavy atom. The minimum Gasteiger partial charge on any atom is -0.368 e. The number of nitrogens with one attached hydrogen (secondary N) is 1. The van der Waals surface area contributed by atoms with Crippen molar-refractivity contribution in [3.05, 3.63) is 17.8 Å². The predicted molar refractivity (Wildman–Crippen MR) is 70.2 cm³/mol. The molecule has 1 fully saturated rings. The Morgan fingerprint density at radius 3 is 2.61 bits per heavy atom. The Bertz CT molecular complexity index is 396. The van der Waals surface area contributed by atoms with Crippen LogP contribution in [0, 0.1) is 11.8 Å². The number of aromatic nitrogens is 2. The highest BCUT2D eigenvalue weighted by atomic mass is 16.1. The molecule has 1 aromatic heterocycles. The van der Waals surface area contributed by atoms with E-state index in [0.717, 1.165) is 18.4 Å². The van der Waals surface area contributed by atoms with Gasteiger partial charge in [0.1, 0.15) is 5.82 Å². The molecule has 1 aliphatic rings. The maximum Gasteiger partial charge on any atom is 0.269 e. The first-order valence-electron chi connectivity index (χ1n) is 6.52. The van der Waals surface area contributed by atoms with E-state index in [1.807, 2.05) is 0 Å². The van der Waals surface area contributed by atoms with Crippen LogP contribution in [0.25, 0.3) is 0 Å². The van der Waals surface area contributed by atoms with Crippen molar-refractivity contribution >= 4 is 11.7 Å². The van der Waals surface area contributed by atoms with Crippen molar-refractivity contribution < 1.29 is 4.79 Å². The number of hydrogen-bond donors (Lipinski definition) is 2. The summed E-state index contributed by atoms with van der Waals surface area (Å²) < 4.78 is 0. The fourth-order valence-electron chi connectivity index (χ4n) is 2.34. The molecule has 0 aliphatic heterocycles. The Balaban J connectivity index is 1.81. The standard InChI is InChI=1S/C13H20N4O/c1-9-2-4-10(5-3-9)8-15-12-7-6-11(13(14)18)16-17-12/h6-7,9-10H,2-5,8H2,1H3,(H2,14,18)(H,15,17). The number of nitrogens with two attached hydrogens (primary N) is 1. The number of anilines is 1. The molecule has 2 rings (SSSR count). The first kappa shape index (κ1) is 12.8. The average Bonchev–Trinajstić information content (AvgIpc) is 2.38. The van der Waals surface area contributed by atoms with Gasteiger partial charge < -0.3 is 11.1 Å². The third kappa shape index (κ3) is 3.42. The largest absolute Gasteiger partial charge is 0.368 e. The Hall–Kier alpha value is -1.65. The fraction of sp³-hybridized carbons (Fsp3) is 0.615. The Morgan fingerprint density at radius 1 is 1.33 bits per heavy atom. The molecule has 5 heteroatoms. The summed E-state index contributed by atoms with van der Waals surface area (Å²) in [7, 11) is 0. The molecule has 98 valence electrons. The number of carbonyl (C=O) groups excluding carboxylic acids is 1. The van der Waals surface area contributed by atoms with E-state index in [1.165, 1.54) is 25.7 Å². The molecular weight excluding hydrogens is 228 g/mol. The molecule has 1 saturated carbocycles. The number of nitrogens with zero attached hydrogens (tertiary/aromatic N) is 2. The van der Waals surface area contributed by atoms with Gasteiger partial charge in [0.15, 0.2) is 5.69 Å². The molecule has 5 nitrogen and oxygen atoms in total.